The van der Waals surface area contributed by atoms with Crippen molar-refractivity contribution in [1.82, 2.24) is 20.8 Å². The van der Waals surface area contributed by atoms with E-state index in [0.29, 0.717) is 19.0 Å². The van der Waals surface area contributed by atoms with Gasteiger partial charge in [0.25, 0.3) is 0 Å². The second kappa shape index (κ2) is 10.7. The van der Waals surface area contributed by atoms with Gasteiger partial charge in [0.2, 0.25) is 0 Å². The Bertz CT molecular complexity index is 659. The molecule has 2 N–H and O–H groups in total. The normalized spacial score (nSPS) is 11.5. The highest BCUT2D eigenvalue weighted by Crippen LogP contribution is 2.19. The number of aromatic nitrogens is 2. The molecule has 0 saturated heterocycles. The molecule has 6 nitrogen and oxygen atoms in total. The lowest BCUT2D eigenvalue weighted by Crippen LogP contribution is -2.36. The first kappa shape index (κ1) is 21.9. The second-order valence-electron chi connectivity index (χ2n) is 5.85. The number of aliphatic imine (C=N–C) groups is 1. The standard InChI is InChI=1S/C17H27N5OS.HI/c1-6-14-13(15(7-2)23-22-14)9-20-17(18-5)19-8-12-10-24-16(21-12)11(3)4;/h10-11H,6-9H2,1-5H3,(H2,18,19,20);1H. The molecule has 8 heteroatoms. The van der Waals surface area contributed by atoms with E-state index in [4.69, 9.17) is 4.52 Å². The summed E-state index contributed by atoms with van der Waals surface area (Å²) in [6.45, 7) is 9.79. The maximum Gasteiger partial charge on any atom is 0.191 e. The molecule has 0 aliphatic carbocycles. The fraction of sp³-hybridized carbons (Fsp3) is 0.588. The van der Waals surface area contributed by atoms with Crippen LogP contribution in [0.15, 0.2) is 14.9 Å². The Morgan fingerprint density at radius 2 is 1.96 bits per heavy atom. The Hall–Kier alpha value is -1.16. The van der Waals surface area contributed by atoms with Crippen LogP contribution in [0.4, 0.5) is 0 Å². The lowest BCUT2D eigenvalue weighted by molar-refractivity contribution is 0.380. The van der Waals surface area contributed by atoms with Crippen LogP contribution < -0.4 is 10.6 Å². The molecule has 2 heterocycles. The number of nitrogens with zero attached hydrogens (tertiary/aromatic N) is 3. The van der Waals surface area contributed by atoms with Gasteiger partial charge in [0, 0.05) is 36.9 Å². The van der Waals surface area contributed by atoms with Crippen molar-refractivity contribution >= 4 is 41.3 Å². The van der Waals surface area contributed by atoms with Crippen LogP contribution in [0.5, 0.6) is 0 Å². The van der Waals surface area contributed by atoms with Gasteiger partial charge in [0.05, 0.1) is 22.9 Å². The third kappa shape index (κ3) is 5.95. The maximum atomic E-state index is 5.40. The molecule has 0 aliphatic heterocycles. The van der Waals surface area contributed by atoms with Crippen molar-refractivity contribution in [3.63, 3.8) is 0 Å². The van der Waals surface area contributed by atoms with Crippen molar-refractivity contribution < 1.29 is 4.52 Å². The van der Waals surface area contributed by atoms with Crippen molar-refractivity contribution in [3.05, 3.63) is 33.1 Å². The summed E-state index contributed by atoms with van der Waals surface area (Å²) in [7, 11) is 1.77. The molecule has 2 rings (SSSR count). The average molecular weight is 477 g/mol. The van der Waals surface area contributed by atoms with Gasteiger partial charge in [-0.05, 0) is 6.42 Å². The average Bonchev–Trinajstić information content (AvgIpc) is 3.21. The van der Waals surface area contributed by atoms with E-state index in [1.807, 2.05) is 0 Å². The summed E-state index contributed by atoms with van der Waals surface area (Å²) >= 11 is 1.71. The van der Waals surface area contributed by atoms with E-state index in [9.17, 15) is 0 Å². The summed E-state index contributed by atoms with van der Waals surface area (Å²) in [5.74, 6) is 2.16. The summed E-state index contributed by atoms with van der Waals surface area (Å²) in [5.41, 5.74) is 3.19. The number of hydrogen-bond acceptors (Lipinski definition) is 5. The van der Waals surface area contributed by atoms with E-state index in [1.54, 1.807) is 18.4 Å². The summed E-state index contributed by atoms with van der Waals surface area (Å²) < 4.78 is 5.40. The number of halogens is 1. The monoisotopic (exact) mass is 477 g/mol. The van der Waals surface area contributed by atoms with Crippen LogP contribution >= 0.6 is 35.3 Å². The molecule has 25 heavy (non-hydrogen) atoms. The SMILES string of the molecule is CCc1noc(CC)c1CNC(=NC)NCc1csc(C(C)C)n1.I. The smallest absolute Gasteiger partial charge is 0.191 e. The zero-order valence-electron chi connectivity index (χ0n) is 15.5. The molecule has 0 aliphatic rings. The molecule has 2 aromatic heterocycles. The molecule has 0 radical (unpaired) electrons. The van der Waals surface area contributed by atoms with Crippen LogP contribution in [-0.2, 0) is 25.9 Å². The van der Waals surface area contributed by atoms with Gasteiger partial charge in [-0.3, -0.25) is 4.99 Å². The third-order valence-corrected chi connectivity index (χ3v) is 4.96. The Balaban J connectivity index is 0.00000312. The van der Waals surface area contributed by atoms with Crippen LogP contribution in [0.2, 0.25) is 0 Å². The van der Waals surface area contributed by atoms with Gasteiger partial charge in [0.15, 0.2) is 5.96 Å². The van der Waals surface area contributed by atoms with Crippen molar-refractivity contribution in [3.8, 4) is 0 Å². The first-order chi connectivity index (χ1) is 11.6. The third-order valence-electron chi connectivity index (χ3n) is 3.76. The van der Waals surface area contributed by atoms with Gasteiger partial charge in [-0.25, -0.2) is 4.98 Å². The highest BCUT2D eigenvalue weighted by molar-refractivity contribution is 14.0. The first-order valence-electron chi connectivity index (χ1n) is 8.44. The van der Waals surface area contributed by atoms with Crippen LogP contribution in [0.25, 0.3) is 0 Å². The summed E-state index contributed by atoms with van der Waals surface area (Å²) in [6, 6.07) is 0. The fourth-order valence-electron chi connectivity index (χ4n) is 2.37. The van der Waals surface area contributed by atoms with Crippen LogP contribution in [0.3, 0.4) is 0 Å². The van der Waals surface area contributed by atoms with E-state index >= 15 is 0 Å². The molecule has 0 amide bonds. The highest BCUT2D eigenvalue weighted by Gasteiger charge is 2.13. The van der Waals surface area contributed by atoms with Crippen molar-refractivity contribution in [2.75, 3.05) is 7.05 Å². The number of thiazole rings is 1. The summed E-state index contributed by atoms with van der Waals surface area (Å²) in [5, 5.41) is 14.0. The van der Waals surface area contributed by atoms with Gasteiger partial charge in [-0.15, -0.1) is 35.3 Å². The zero-order chi connectivity index (χ0) is 17.5. The molecule has 140 valence electrons. The maximum absolute atomic E-state index is 5.40. The lowest BCUT2D eigenvalue weighted by atomic mass is 10.1. The Labute approximate surface area is 170 Å². The molecule has 0 unspecified atom stereocenters. The molecule has 0 saturated carbocycles. The molecule has 2 aromatic rings. The minimum absolute atomic E-state index is 0. The van der Waals surface area contributed by atoms with Gasteiger partial charge >= 0.3 is 0 Å². The van der Waals surface area contributed by atoms with Crippen LogP contribution in [-0.4, -0.2) is 23.1 Å². The van der Waals surface area contributed by atoms with Gasteiger partial charge in [-0.1, -0.05) is 32.9 Å². The van der Waals surface area contributed by atoms with E-state index < -0.39 is 0 Å². The first-order valence-corrected chi connectivity index (χ1v) is 9.32. The second-order valence-corrected chi connectivity index (χ2v) is 6.74. The minimum atomic E-state index is 0. The topological polar surface area (TPSA) is 75.3 Å². The summed E-state index contributed by atoms with van der Waals surface area (Å²) in [4.78, 5) is 8.90. The summed E-state index contributed by atoms with van der Waals surface area (Å²) in [6.07, 6.45) is 1.70. The quantitative estimate of drug-likeness (QED) is 0.360. The number of hydrogen-bond donors (Lipinski definition) is 2. The lowest BCUT2D eigenvalue weighted by Gasteiger charge is -2.11. The van der Waals surface area contributed by atoms with Gasteiger partial charge in [0.1, 0.15) is 5.76 Å². The fourth-order valence-corrected chi connectivity index (χ4v) is 3.21. The van der Waals surface area contributed by atoms with Crippen LogP contribution in [0, 0.1) is 0 Å². The number of aryl methyl sites for hydroxylation is 2. The van der Waals surface area contributed by atoms with Crippen LogP contribution in [0.1, 0.15) is 61.3 Å². The van der Waals surface area contributed by atoms with E-state index in [2.05, 4.69) is 58.8 Å². The van der Waals surface area contributed by atoms with Gasteiger partial charge < -0.3 is 15.2 Å². The zero-order valence-corrected chi connectivity index (χ0v) is 18.7. The van der Waals surface area contributed by atoms with Crippen molar-refractivity contribution in [1.29, 1.82) is 0 Å². The van der Waals surface area contributed by atoms with E-state index in [0.717, 1.165) is 41.5 Å². The predicted octanol–water partition coefficient (Wildman–Crippen LogP) is 3.86. The number of rotatable bonds is 7. The molecule has 0 fully saturated rings. The number of guanidine groups is 1. The molecular formula is C17H28IN5OS. The molecule has 0 atom stereocenters. The minimum Gasteiger partial charge on any atom is -0.361 e. The molecule has 0 spiro atoms. The largest absolute Gasteiger partial charge is 0.361 e. The Kier molecular flexibility index (Phi) is 9.41. The van der Waals surface area contributed by atoms with E-state index in [-0.39, 0.29) is 24.0 Å². The molecule has 0 aromatic carbocycles. The molecular weight excluding hydrogens is 449 g/mol. The van der Waals surface area contributed by atoms with Crippen molar-refractivity contribution in [2.45, 2.75) is 59.5 Å². The predicted molar refractivity (Wildman–Crippen MR) is 114 cm³/mol. The molecule has 0 bridgehead atoms. The Morgan fingerprint density at radius 1 is 1.24 bits per heavy atom. The highest BCUT2D eigenvalue weighted by atomic mass is 127. The van der Waals surface area contributed by atoms with Gasteiger partial charge in [-0.2, -0.15) is 0 Å². The van der Waals surface area contributed by atoms with Crippen molar-refractivity contribution in [2.24, 2.45) is 4.99 Å². The number of nitrogens with one attached hydrogen (secondary N) is 2. The van der Waals surface area contributed by atoms with E-state index in [1.165, 1.54) is 5.01 Å². The Morgan fingerprint density at radius 3 is 2.52 bits per heavy atom.